The van der Waals surface area contributed by atoms with Gasteiger partial charge >= 0.3 is 29.5 Å². The quantitative estimate of drug-likeness (QED) is 0.303. The van der Waals surface area contributed by atoms with Gasteiger partial charge in [0.25, 0.3) is 0 Å². The number of hydrogen-bond donors (Lipinski definition) is 0. The Hall–Kier alpha value is 0.384. The van der Waals surface area contributed by atoms with Crippen LogP contribution in [0.15, 0.2) is 24.4 Å². The molecule has 12 heavy (non-hydrogen) atoms. The van der Waals surface area contributed by atoms with E-state index < -0.39 is 0 Å². The zero-order valence-electron chi connectivity index (χ0n) is 8.11. The van der Waals surface area contributed by atoms with Crippen LogP contribution in [0.2, 0.25) is 0 Å². The first-order chi connectivity index (χ1) is 5.47. The SMILES string of the molecule is CC=CC=C[N+](C)(C)C.O=[P]#[Ti]. The summed E-state index contributed by atoms with van der Waals surface area (Å²) in [6, 6.07) is 0. The first-order valence-corrected chi connectivity index (χ1v) is 6.49. The number of quaternary nitrogens is 1. The van der Waals surface area contributed by atoms with Gasteiger partial charge < -0.3 is 4.48 Å². The third-order valence-corrected chi connectivity index (χ3v) is 0.837. The second kappa shape index (κ2) is 9.47. The van der Waals surface area contributed by atoms with Crippen LogP contribution in [0.3, 0.4) is 0 Å². The Balaban J connectivity index is 0. The molecule has 0 aromatic heterocycles. The number of hydrogen-bond acceptors (Lipinski definition) is 1. The van der Waals surface area contributed by atoms with Crippen LogP contribution >= 0.6 is 5.77 Å². The number of allylic oxidation sites excluding steroid dienone is 3. The molecule has 0 spiro atoms. The van der Waals surface area contributed by atoms with E-state index in [-0.39, 0.29) is 5.77 Å². The topological polar surface area (TPSA) is 17.1 Å². The van der Waals surface area contributed by atoms with Crippen LogP contribution in [0, 0.1) is 0 Å². The molecule has 67 valence electrons. The Morgan fingerprint density at radius 3 is 1.92 bits per heavy atom. The molecule has 0 N–H and O–H groups in total. The maximum atomic E-state index is 8.90. The third-order valence-electron chi connectivity index (χ3n) is 0.837. The van der Waals surface area contributed by atoms with E-state index in [2.05, 4.69) is 33.4 Å². The zero-order chi connectivity index (χ0) is 10.0. The van der Waals surface area contributed by atoms with E-state index in [0.717, 1.165) is 4.48 Å². The van der Waals surface area contributed by atoms with Crippen molar-refractivity contribution in [2.45, 2.75) is 6.92 Å². The van der Waals surface area contributed by atoms with Crippen molar-refractivity contribution in [2.75, 3.05) is 21.1 Å². The number of nitrogens with zero attached hydrogens (tertiary/aromatic N) is 1. The van der Waals surface area contributed by atoms with Crippen molar-refractivity contribution < 1.29 is 28.2 Å². The summed E-state index contributed by atoms with van der Waals surface area (Å²) in [4.78, 5) is 0. The predicted molar refractivity (Wildman–Crippen MR) is 49.6 cm³/mol. The normalized spacial score (nSPS) is 11.5. The molecule has 0 amide bonds. The Kier molecular flexibility index (Phi) is 11.7. The van der Waals surface area contributed by atoms with Crippen LogP contribution in [0.4, 0.5) is 0 Å². The standard InChI is InChI=1S/C8H16N.OP.Ti/c1-5-6-7-8-9(2,3)4;1-2;/h5-8H,1-4H3;;/q+1;-1;+1. The van der Waals surface area contributed by atoms with Gasteiger partial charge in [-0.15, -0.1) is 0 Å². The van der Waals surface area contributed by atoms with E-state index in [1.165, 1.54) is 0 Å². The van der Waals surface area contributed by atoms with Crippen molar-refractivity contribution in [1.82, 2.24) is 0 Å². The van der Waals surface area contributed by atoms with Gasteiger partial charge in [-0.2, -0.15) is 0 Å². The molecule has 0 aliphatic carbocycles. The molecule has 0 aliphatic heterocycles. The number of rotatable bonds is 2. The fourth-order valence-electron chi connectivity index (χ4n) is 0.419. The molecule has 0 radical (unpaired) electrons. The van der Waals surface area contributed by atoms with Gasteiger partial charge in [-0.3, -0.25) is 0 Å². The average molecular weight is 221 g/mol. The molecule has 0 saturated carbocycles. The van der Waals surface area contributed by atoms with Crippen LogP contribution in [0.25, 0.3) is 0 Å². The first-order valence-electron chi connectivity index (χ1n) is 3.58. The summed E-state index contributed by atoms with van der Waals surface area (Å²) in [7, 11) is 6.38. The molecule has 0 rings (SSSR count). The maximum absolute atomic E-state index is 8.90. The Morgan fingerprint density at radius 2 is 1.67 bits per heavy atom. The summed E-state index contributed by atoms with van der Waals surface area (Å²) in [6.07, 6.45) is 8.23. The van der Waals surface area contributed by atoms with E-state index in [0.29, 0.717) is 0 Å². The molecule has 0 aliphatic rings. The fraction of sp³-hybridized carbons (Fsp3) is 0.500. The van der Waals surface area contributed by atoms with E-state index in [1.807, 2.05) is 19.1 Å². The Bertz CT molecular complexity index is 226. The van der Waals surface area contributed by atoms with Crippen LogP contribution in [-0.4, -0.2) is 25.6 Å². The van der Waals surface area contributed by atoms with E-state index in [1.54, 1.807) is 19.2 Å². The van der Waals surface area contributed by atoms with E-state index >= 15 is 0 Å². The molecule has 0 bridgehead atoms. The molecule has 0 saturated heterocycles. The van der Waals surface area contributed by atoms with Gasteiger partial charge in [0.15, 0.2) is 0 Å². The summed E-state index contributed by atoms with van der Waals surface area (Å²) in [5.74, 6) is 0.167. The van der Waals surface area contributed by atoms with Gasteiger partial charge in [-0.05, 0) is 13.0 Å². The molecule has 0 unspecified atom stereocenters. The molecule has 2 nitrogen and oxygen atoms in total. The second-order valence-electron chi connectivity index (χ2n) is 3.07. The molecule has 0 atom stereocenters. The minimum absolute atomic E-state index is 0.167. The van der Waals surface area contributed by atoms with Gasteiger partial charge in [-0.25, -0.2) is 0 Å². The summed E-state index contributed by atoms with van der Waals surface area (Å²) in [5.41, 5.74) is 0. The van der Waals surface area contributed by atoms with Gasteiger partial charge in [0.2, 0.25) is 0 Å². The minimum atomic E-state index is 0.167. The summed E-state index contributed by atoms with van der Waals surface area (Å²) in [5, 5.41) is 0. The molecule has 0 heterocycles. The Labute approximate surface area is 86.6 Å². The van der Waals surface area contributed by atoms with Crippen LogP contribution < -0.4 is 0 Å². The van der Waals surface area contributed by atoms with Gasteiger partial charge in [0, 0.05) is 0 Å². The summed E-state index contributed by atoms with van der Waals surface area (Å²) >= 11 is 1.54. The summed E-state index contributed by atoms with van der Waals surface area (Å²) in [6.45, 7) is 2.01. The van der Waals surface area contributed by atoms with Crippen LogP contribution in [0.1, 0.15) is 6.92 Å². The third kappa shape index (κ3) is 22.4. The van der Waals surface area contributed by atoms with Crippen molar-refractivity contribution in [3.8, 4) is 0 Å². The Morgan fingerprint density at radius 1 is 1.25 bits per heavy atom. The average Bonchev–Trinajstić information content (AvgIpc) is 1.87. The van der Waals surface area contributed by atoms with E-state index in [4.69, 9.17) is 4.57 Å². The molecule has 0 fully saturated rings. The second-order valence-corrected chi connectivity index (χ2v) is 4.11. The predicted octanol–water partition coefficient (Wildman–Crippen LogP) is 2.52. The van der Waals surface area contributed by atoms with Crippen LogP contribution in [0.5, 0.6) is 0 Å². The molecule has 0 aromatic rings. The zero-order valence-corrected chi connectivity index (χ0v) is 10.6. The monoisotopic (exact) mass is 221 g/mol. The molecule has 0 aromatic carbocycles. The van der Waals surface area contributed by atoms with Crippen molar-refractivity contribution in [3.63, 3.8) is 0 Å². The van der Waals surface area contributed by atoms with Gasteiger partial charge in [0.05, 0.1) is 27.3 Å². The van der Waals surface area contributed by atoms with Crippen LogP contribution in [-0.2, 0) is 23.8 Å². The van der Waals surface area contributed by atoms with Crippen molar-refractivity contribution in [3.05, 3.63) is 24.4 Å². The van der Waals surface area contributed by atoms with Crippen molar-refractivity contribution in [2.24, 2.45) is 0 Å². The van der Waals surface area contributed by atoms with Gasteiger partial charge in [0.1, 0.15) is 0 Å². The van der Waals surface area contributed by atoms with Crippen molar-refractivity contribution >= 4 is 5.77 Å². The van der Waals surface area contributed by atoms with E-state index in [9.17, 15) is 0 Å². The van der Waals surface area contributed by atoms with Gasteiger partial charge in [-0.1, -0.05) is 12.2 Å². The van der Waals surface area contributed by atoms with Crippen molar-refractivity contribution in [1.29, 1.82) is 0 Å². The molecular formula is C8H16NOPTi+. The summed E-state index contributed by atoms with van der Waals surface area (Å²) < 4.78 is 9.78. The first kappa shape index (κ1) is 14.9. The fourth-order valence-corrected chi connectivity index (χ4v) is 0.419. The molecular weight excluding hydrogens is 205 g/mol. The molecule has 4 heteroatoms.